The van der Waals surface area contributed by atoms with Crippen LogP contribution >= 0.6 is 11.3 Å². The molecule has 1 aromatic heterocycles. The highest BCUT2D eigenvalue weighted by Crippen LogP contribution is 2.30. The first-order valence-electron chi connectivity index (χ1n) is 10.6. The number of carboxylic acids is 1. The molecule has 5 nitrogen and oxygen atoms in total. The Bertz CT molecular complexity index is 887. The molecule has 30 heavy (non-hydrogen) atoms. The van der Waals surface area contributed by atoms with Crippen LogP contribution in [0.4, 0.5) is 5.69 Å². The molecule has 0 radical (unpaired) electrons. The van der Waals surface area contributed by atoms with Crippen molar-refractivity contribution in [2.45, 2.75) is 64.0 Å². The van der Waals surface area contributed by atoms with Gasteiger partial charge in [-0.15, -0.1) is 11.3 Å². The number of aliphatic hydroxyl groups excluding tert-OH is 1. The number of hydrogen-bond donors (Lipinski definition) is 2. The van der Waals surface area contributed by atoms with Crippen LogP contribution < -0.4 is 4.90 Å². The van der Waals surface area contributed by atoms with Crippen LogP contribution in [0, 0.1) is 0 Å². The number of allylic oxidation sites excluding steroid dienone is 1. The van der Waals surface area contributed by atoms with Gasteiger partial charge in [-0.05, 0) is 49.1 Å². The van der Waals surface area contributed by atoms with E-state index in [1.165, 1.54) is 11.3 Å². The fraction of sp³-hybridized carbons (Fsp3) is 0.417. The number of hydrogen-bond acceptors (Lipinski definition) is 4. The monoisotopic (exact) mass is 427 g/mol. The number of unbranched alkanes of at least 4 members (excludes halogenated alkanes) is 2. The molecular weight excluding hydrogens is 398 g/mol. The van der Waals surface area contributed by atoms with E-state index in [1.807, 2.05) is 47.4 Å². The van der Waals surface area contributed by atoms with Gasteiger partial charge in [0.15, 0.2) is 0 Å². The summed E-state index contributed by atoms with van der Waals surface area (Å²) in [6, 6.07) is 11.1. The Morgan fingerprint density at radius 1 is 1.23 bits per heavy atom. The second-order valence-electron chi connectivity index (χ2n) is 7.68. The van der Waals surface area contributed by atoms with Gasteiger partial charge in [0.05, 0.1) is 12.1 Å². The number of aliphatic hydroxyl groups is 1. The van der Waals surface area contributed by atoms with E-state index in [9.17, 15) is 14.7 Å². The molecule has 1 amide bonds. The average molecular weight is 428 g/mol. The standard InChI is InChI=1S/C24H29NO4S/c1-2-3-4-8-21(26)17-9-11-19(12-10-17)25-18(13-16-23(25)27)6-5-7-20-14-15-22(30-20)24(28)29/h5-6,9-12,14-15,18,21,26H,2-4,7-8,13,16H2,1H3,(H,28,29)/b6-5+/t18-,21?/m1/s1. The summed E-state index contributed by atoms with van der Waals surface area (Å²) < 4.78 is 0. The minimum absolute atomic E-state index is 0.00302. The Balaban J connectivity index is 1.63. The molecule has 2 N–H and O–H groups in total. The van der Waals surface area contributed by atoms with Gasteiger partial charge in [-0.2, -0.15) is 0 Å². The number of rotatable bonds is 10. The molecule has 3 rings (SSSR count). The van der Waals surface area contributed by atoms with Crippen molar-refractivity contribution in [3.63, 3.8) is 0 Å². The molecule has 6 heteroatoms. The molecule has 2 atom stereocenters. The molecule has 2 heterocycles. The Kier molecular flexibility index (Phi) is 7.82. The van der Waals surface area contributed by atoms with Gasteiger partial charge >= 0.3 is 5.97 Å². The van der Waals surface area contributed by atoms with Crippen LogP contribution in [0.3, 0.4) is 0 Å². The summed E-state index contributed by atoms with van der Waals surface area (Å²) in [6.45, 7) is 2.15. The maximum Gasteiger partial charge on any atom is 0.345 e. The van der Waals surface area contributed by atoms with Crippen LogP contribution in [0.2, 0.25) is 0 Å². The summed E-state index contributed by atoms with van der Waals surface area (Å²) in [5, 5.41) is 19.4. The van der Waals surface area contributed by atoms with Crippen molar-refractivity contribution in [1.29, 1.82) is 0 Å². The van der Waals surface area contributed by atoms with Crippen molar-refractivity contribution in [2.24, 2.45) is 0 Å². The molecule has 160 valence electrons. The predicted octanol–water partition coefficient (Wildman–Crippen LogP) is 5.35. The highest BCUT2D eigenvalue weighted by atomic mass is 32.1. The largest absolute Gasteiger partial charge is 0.477 e. The number of aromatic carboxylic acids is 1. The van der Waals surface area contributed by atoms with Crippen molar-refractivity contribution in [2.75, 3.05) is 4.90 Å². The highest BCUT2D eigenvalue weighted by molar-refractivity contribution is 7.13. The number of nitrogens with zero attached hydrogens (tertiary/aromatic N) is 1. The van der Waals surface area contributed by atoms with Gasteiger partial charge in [0, 0.05) is 17.0 Å². The first-order valence-corrected chi connectivity index (χ1v) is 11.4. The summed E-state index contributed by atoms with van der Waals surface area (Å²) in [4.78, 5) is 26.6. The third-order valence-electron chi connectivity index (χ3n) is 5.44. The van der Waals surface area contributed by atoms with E-state index < -0.39 is 12.1 Å². The lowest BCUT2D eigenvalue weighted by Gasteiger charge is -2.23. The molecule has 0 bridgehead atoms. The number of benzene rings is 1. The molecule has 0 aliphatic carbocycles. The van der Waals surface area contributed by atoms with E-state index in [0.29, 0.717) is 17.7 Å². The fourth-order valence-electron chi connectivity index (χ4n) is 3.78. The molecule has 1 saturated heterocycles. The van der Waals surface area contributed by atoms with Gasteiger partial charge in [-0.3, -0.25) is 4.79 Å². The quantitative estimate of drug-likeness (QED) is 0.395. The maximum absolute atomic E-state index is 12.5. The van der Waals surface area contributed by atoms with E-state index in [4.69, 9.17) is 5.11 Å². The fourth-order valence-corrected chi connectivity index (χ4v) is 4.60. The van der Waals surface area contributed by atoms with Crippen LogP contribution in [0.1, 0.15) is 71.7 Å². The minimum Gasteiger partial charge on any atom is -0.477 e. The molecule has 0 spiro atoms. The summed E-state index contributed by atoms with van der Waals surface area (Å²) in [6.07, 6.45) is 9.54. The Morgan fingerprint density at radius 2 is 2.00 bits per heavy atom. The topological polar surface area (TPSA) is 77.8 Å². The Morgan fingerprint density at radius 3 is 2.67 bits per heavy atom. The molecular formula is C24H29NO4S. The zero-order valence-corrected chi connectivity index (χ0v) is 18.1. The molecule has 1 unspecified atom stereocenters. The molecule has 2 aromatic rings. The van der Waals surface area contributed by atoms with Gasteiger partial charge in [0.2, 0.25) is 5.91 Å². The van der Waals surface area contributed by atoms with Gasteiger partial charge in [-0.1, -0.05) is 50.5 Å². The van der Waals surface area contributed by atoms with E-state index >= 15 is 0 Å². The molecule has 1 aromatic carbocycles. The van der Waals surface area contributed by atoms with Gasteiger partial charge in [0.1, 0.15) is 4.88 Å². The van der Waals surface area contributed by atoms with Crippen LogP contribution in [0.15, 0.2) is 48.6 Å². The van der Waals surface area contributed by atoms with E-state index in [-0.39, 0.29) is 11.9 Å². The zero-order chi connectivity index (χ0) is 21.5. The van der Waals surface area contributed by atoms with Crippen molar-refractivity contribution in [3.8, 4) is 0 Å². The van der Waals surface area contributed by atoms with Crippen LogP contribution in [0.25, 0.3) is 0 Å². The molecule has 1 aliphatic heterocycles. The molecule has 1 aliphatic rings. The Labute approximate surface area is 181 Å². The summed E-state index contributed by atoms with van der Waals surface area (Å²) in [5.74, 6) is -0.799. The number of carboxylic acid groups (broad SMARTS) is 1. The lowest BCUT2D eigenvalue weighted by Crippen LogP contribution is -2.31. The van der Waals surface area contributed by atoms with E-state index in [1.54, 1.807) is 6.07 Å². The lowest BCUT2D eigenvalue weighted by molar-refractivity contribution is -0.117. The predicted molar refractivity (Wildman–Crippen MR) is 120 cm³/mol. The van der Waals surface area contributed by atoms with Crippen molar-refractivity contribution in [1.82, 2.24) is 0 Å². The van der Waals surface area contributed by atoms with Gasteiger partial charge in [0.25, 0.3) is 0 Å². The zero-order valence-electron chi connectivity index (χ0n) is 17.3. The van der Waals surface area contributed by atoms with Gasteiger partial charge < -0.3 is 15.1 Å². The first kappa shape index (κ1) is 22.2. The summed E-state index contributed by atoms with van der Waals surface area (Å²) in [7, 11) is 0. The lowest BCUT2D eigenvalue weighted by atomic mass is 10.0. The third kappa shape index (κ3) is 5.58. The average Bonchev–Trinajstić information content (AvgIpc) is 3.35. The smallest absolute Gasteiger partial charge is 0.345 e. The second kappa shape index (κ2) is 10.5. The maximum atomic E-state index is 12.5. The number of carbonyl (C=O) groups is 2. The Hall–Kier alpha value is -2.44. The van der Waals surface area contributed by atoms with E-state index in [0.717, 1.165) is 48.2 Å². The first-order chi connectivity index (χ1) is 14.5. The van der Waals surface area contributed by atoms with Crippen LogP contribution in [-0.4, -0.2) is 28.1 Å². The summed E-state index contributed by atoms with van der Waals surface area (Å²) >= 11 is 1.28. The number of thiophene rings is 1. The summed E-state index contributed by atoms with van der Waals surface area (Å²) in [5.41, 5.74) is 1.74. The normalized spacial score (nSPS) is 17.7. The van der Waals surface area contributed by atoms with Crippen molar-refractivity contribution < 1.29 is 19.8 Å². The van der Waals surface area contributed by atoms with E-state index in [2.05, 4.69) is 6.92 Å². The molecule has 1 fully saturated rings. The second-order valence-corrected chi connectivity index (χ2v) is 8.84. The van der Waals surface area contributed by atoms with Crippen molar-refractivity contribution >= 4 is 28.9 Å². The van der Waals surface area contributed by atoms with Gasteiger partial charge in [-0.25, -0.2) is 4.79 Å². The highest BCUT2D eigenvalue weighted by Gasteiger charge is 2.30. The number of carbonyl (C=O) groups excluding carboxylic acids is 1. The minimum atomic E-state index is -0.901. The van der Waals surface area contributed by atoms with Crippen LogP contribution in [-0.2, 0) is 11.2 Å². The molecule has 0 saturated carbocycles. The SMILES string of the molecule is CCCCCC(O)c1ccc(N2C(=O)CC[C@H]2/C=C/Cc2ccc(C(=O)O)s2)cc1. The van der Waals surface area contributed by atoms with Crippen molar-refractivity contribution in [3.05, 3.63) is 63.9 Å². The number of anilines is 1. The third-order valence-corrected chi connectivity index (χ3v) is 6.54. The van der Waals surface area contributed by atoms with Crippen LogP contribution in [0.5, 0.6) is 0 Å². The number of amides is 1.